The van der Waals surface area contributed by atoms with Crippen LogP contribution in [0.15, 0.2) is 46.6 Å². The van der Waals surface area contributed by atoms with Crippen LogP contribution in [0.1, 0.15) is 17.0 Å². The summed E-state index contributed by atoms with van der Waals surface area (Å²) in [7, 11) is 0. The van der Waals surface area contributed by atoms with Gasteiger partial charge in [0, 0.05) is 5.39 Å². The van der Waals surface area contributed by atoms with Crippen molar-refractivity contribution in [3.8, 4) is 6.07 Å². The fourth-order valence-electron chi connectivity index (χ4n) is 2.76. The Morgan fingerprint density at radius 1 is 1.26 bits per heavy atom. The third kappa shape index (κ3) is 2.14. The molecule has 0 spiro atoms. The SMILES string of the molecule is Cc1nn(Cc2ccc(C#N)cc2)c(=O)c2cc3ccsc3n12. The molecule has 3 aromatic heterocycles. The van der Waals surface area contributed by atoms with E-state index in [1.165, 1.54) is 4.68 Å². The molecule has 0 N–H and O–H groups in total. The van der Waals surface area contributed by atoms with E-state index in [1.54, 1.807) is 23.5 Å². The molecular weight excluding hydrogens is 308 g/mol. The molecule has 4 aromatic rings. The van der Waals surface area contributed by atoms with E-state index >= 15 is 0 Å². The van der Waals surface area contributed by atoms with Gasteiger partial charge in [-0.3, -0.25) is 9.20 Å². The standard InChI is InChI=1S/C17H12N4OS/c1-11-19-20(10-13-4-2-12(9-18)3-5-13)16(22)15-8-14-6-7-23-17(14)21(11)15/h2-8H,10H2,1H3. The van der Waals surface area contributed by atoms with Crippen LogP contribution in [0.25, 0.3) is 15.7 Å². The average molecular weight is 320 g/mol. The number of nitriles is 1. The van der Waals surface area contributed by atoms with Crippen molar-refractivity contribution >= 4 is 27.1 Å². The van der Waals surface area contributed by atoms with Crippen molar-refractivity contribution in [2.75, 3.05) is 0 Å². The van der Waals surface area contributed by atoms with E-state index in [1.807, 2.05) is 41.0 Å². The molecule has 0 amide bonds. The first-order valence-corrected chi connectivity index (χ1v) is 8.01. The molecule has 6 heteroatoms. The molecule has 4 rings (SSSR count). The molecule has 23 heavy (non-hydrogen) atoms. The van der Waals surface area contributed by atoms with Gasteiger partial charge in [-0.1, -0.05) is 12.1 Å². The zero-order valence-electron chi connectivity index (χ0n) is 12.4. The Kier molecular flexibility index (Phi) is 3.03. The summed E-state index contributed by atoms with van der Waals surface area (Å²) < 4.78 is 3.40. The van der Waals surface area contributed by atoms with Crippen LogP contribution in [-0.4, -0.2) is 14.2 Å². The summed E-state index contributed by atoms with van der Waals surface area (Å²) in [5.41, 5.74) is 2.08. The second-order valence-corrected chi connectivity index (χ2v) is 6.26. The molecule has 0 bridgehead atoms. The second kappa shape index (κ2) is 5.07. The van der Waals surface area contributed by atoms with E-state index in [0.717, 1.165) is 21.6 Å². The van der Waals surface area contributed by atoms with Crippen molar-refractivity contribution in [2.45, 2.75) is 13.5 Å². The lowest BCUT2D eigenvalue weighted by Gasteiger charge is -2.08. The molecule has 0 unspecified atom stereocenters. The minimum Gasteiger partial charge on any atom is -0.282 e. The normalized spacial score (nSPS) is 11.1. The van der Waals surface area contributed by atoms with Crippen LogP contribution in [0.5, 0.6) is 0 Å². The van der Waals surface area contributed by atoms with Gasteiger partial charge in [0.25, 0.3) is 5.56 Å². The molecule has 3 heterocycles. The highest BCUT2D eigenvalue weighted by Crippen LogP contribution is 2.24. The summed E-state index contributed by atoms with van der Waals surface area (Å²) in [4.78, 5) is 13.8. The van der Waals surface area contributed by atoms with Crippen LogP contribution < -0.4 is 5.56 Å². The summed E-state index contributed by atoms with van der Waals surface area (Å²) in [6.45, 7) is 2.29. The molecule has 0 fully saturated rings. The first-order valence-electron chi connectivity index (χ1n) is 7.13. The second-order valence-electron chi connectivity index (χ2n) is 5.36. The third-order valence-corrected chi connectivity index (χ3v) is 4.78. The number of hydrogen-bond acceptors (Lipinski definition) is 4. The number of hydrogen-bond donors (Lipinski definition) is 0. The van der Waals surface area contributed by atoms with Gasteiger partial charge in [-0.15, -0.1) is 11.3 Å². The van der Waals surface area contributed by atoms with Gasteiger partial charge in [0.15, 0.2) is 0 Å². The van der Waals surface area contributed by atoms with Gasteiger partial charge in [-0.05, 0) is 42.1 Å². The minimum absolute atomic E-state index is 0.108. The molecule has 0 aliphatic rings. The number of nitrogens with zero attached hydrogens (tertiary/aromatic N) is 4. The van der Waals surface area contributed by atoms with E-state index in [2.05, 4.69) is 11.2 Å². The molecule has 112 valence electrons. The van der Waals surface area contributed by atoms with Crippen LogP contribution in [0.4, 0.5) is 0 Å². The number of rotatable bonds is 2. The van der Waals surface area contributed by atoms with Crippen molar-refractivity contribution in [3.63, 3.8) is 0 Å². The minimum atomic E-state index is -0.108. The number of thiophene rings is 1. The van der Waals surface area contributed by atoms with Crippen molar-refractivity contribution in [1.29, 1.82) is 5.26 Å². The fourth-order valence-corrected chi connectivity index (χ4v) is 3.71. The van der Waals surface area contributed by atoms with Crippen LogP contribution in [0.3, 0.4) is 0 Å². The summed E-state index contributed by atoms with van der Waals surface area (Å²) in [5.74, 6) is 0.783. The molecule has 0 atom stereocenters. The molecule has 1 aromatic carbocycles. The van der Waals surface area contributed by atoms with Crippen molar-refractivity contribution < 1.29 is 0 Å². The third-order valence-electron chi connectivity index (χ3n) is 3.87. The van der Waals surface area contributed by atoms with E-state index < -0.39 is 0 Å². The molecule has 0 saturated carbocycles. The van der Waals surface area contributed by atoms with Crippen LogP contribution in [0, 0.1) is 18.3 Å². The topological polar surface area (TPSA) is 63.1 Å². The summed E-state index contributed by atoms with van der Waals surface area (Å²) in [5, 5.41) is 16.4. The van der Waals surface area contributed by atoms with Gasteiger partial charge >= 0.3 is 0 Å². The first kappa shape index (κ1) is 13.7. The van der Waals surface area contributed by atoms with Gasteiger partial charge in [-0.25, -0.2) is 4.68 Å². The maximum atomic E-state index is 12.7. The van der Waals surface area contributed by atoms with Crippen molar-refractivity contribution in [2.24, 2.45) is 0 Å². The van der Waals surface area contributed by atoms with Gasteiger partial charge in [0.1, 0.15) is 16.2 Å². The molecule has 0 aliphatic carbocycles. The molecular formula is C17H12N4OS. The Balaban J connectivity index is 1.85. The van der Waals surface area contributed by atoms with E-state index in [0.29, 0.717) is 17.6 Å². The lowest BCUT2D eigenvalue weighted by Crippen LogP contribution is -2.26. The van der Waals surface area contributed by atoms with Crippen LogP contribution >= 0.6 is 11.3 Å². The zero-order valence-corrected chi connectivity index (χ0v) is 13.2. The predicted octanol–water partition coefficient (Wildman–Crippen LogP) is 2.94. The van der Waals surface area contributed by atoms with Crippen molar-refractivity contribution in [3.05, 3.63) is 69.1 Å². The van der Waals surface area contributed by atoms with E-state index in [4.69, 9.17) is 5.26 Å². The highest BCUT2D eigenvalue weighted by Gasteiger charge is 2.13. The fraction of sp³-hybridized carbons (Fsp3) is 0.118. The monoisotopic (exact) mass is 320 g/mol. The quantitative estimate of drug-likeness (QED) is 0.570. The Morgan fingerprint density at radius 3 is 2.78 bits per heavy atom. The number of fused-ring (bicyclic) bond motifs is 3. The molecule has 5 nitrogen and oxygen atoms in total. The highest BCUT2D eigenvalue weighted by molar-refractivity contribution is 7.16. The number of aryl methyl sites for hydroxylation is 1. The van der Waals surface area contributed by atoms with Gasteiger partial charge < -0.3 is 0 Å². The summed E-state index contributed by atoms with van der Waals surface area (Å²) in [6.07, 6.45) is 0. The maximum Gasteiger partial charge on any atom is 0.291 e. The average Bonchev–Trinajstić information content (AvgIpc) is 3.14. The summed E-state index contributed by atoms with van der Waals surface area (Å²) >= 11 is 1.60. The predicted molar refractivity (Wildman–Crippen MR) is 89.8 cm³/mol. The highest BCUT2D eigenvalue weighted by atomic mass is 32.1. The van der Waals surface area contributed by atoms with Crippen molar-refractivity contribution in [1.82, 2.24) is 14.2 Å². The summed E-state index contributed by atoms with van der Waals surface area (Å²) in [6, 6.07) is 13.2. The van der Waals surface area contributed by atoms with Gasteiger partial charge in [0.05, 0.1) is 18.2 Å². The van der Waals surface area contributed by atoms with Crippen LogP contribution in [0.2, 0.25) is 0 Å². The van der Waals surface area contributed by atoms with E-state index in [9.17, 15) is 4.79 Å². The first-order chi connectivity index (χ1) is 11.2. The van der Waals surface area contributed by atoms with Gasteiger partial charge in [-0.2, -0.15) is 10.4 Å². The Labute approximate surface area is 135 Å². The Morgan fingerprint density at radius 2 is 2.04 bits per heavy atom. The van der Waals surface area contributed by atoms with Crippen LogP contribution in [-0.2, 0) is 6.54 Å². The largest absolute Gasteiger partial charge is 0.291 e. The lowest BCUT2D eigenvalue weighted by molar-refractivity contribution is 0.615. The smallest absolute Gasteiger partial charge is 0.282 e. The van der Waals surface area contributed by atoms with Gasteiger partial charge in [0.2, 0.25) is 0 Å². The Hall–Kier alpha value is -2.91. The number of aromatic nitrogens is 3. The number of benzene rings is 1. The zero-order chi connectivity index (χ0) is 16.0. The van der Waals surface area contributed by atoms with E-state index in [-0.39, 0.29) is 5.56 Å². The molecule has 0 radical (unpaired) electrons. The Bertz CT molecular complexity index is 1130. The lowest BCUT2D eigenvalue weighted by atomic mass is 10.1. The maximum absolute atomic E-state index is 12.7. The molecule has 0 aliphatic heterocycles. The molecule has 0 saturated heterocycles.